The minimum Gasteiger partial charge on any atom is -0.364 e. The Morgan fingerprint density at radius 2 is 2.29 bits per heavy atom. The standard InChI is InChI=1S/C10H14N2O2/c1-8-2-4-12(5-3-8)10(13)9-6-11-14-7-9/h6-8H,2-5H2,1H3. The van der Waals surface area contributed by atoms with Crippen LogP contribution in [0.1, 0.15) is 30.1 Å². The largest absolute Gasteiger partial charge is 0.364 e. The normalized spacial score (nSPS) is 18.5. The zero-order valence-electron chi connectivity index (χ0n) is 8.27. The van der Waals surface area contributed by atoms with Crippen LogP contribution < -0.4 is 0 Å². The van der Waals surface area contributed by atoms with Crippen molar-refractivity contribution in [3.63, 3.8) is 0 Å². The fraction of sp³-hybridized carbons (Fsp3) is 0.600. The van der Waals surface area contributed by atoms with E-state index in [1.807, 2.05) is 4.90 Å². The predicted molar refractivity (Wildman–Crippen MR) is 50.8 cm³/mol. The van der Waals surface area contributed by atoms with Crippen molar-refractivity contribution in [1.82, 2.24) is 10.1 Å². The fourth-order valence-electron chi connectivity index (χ4n) is 1.70. The van der Waals surface area contributed by atoms with Crippen LogP contribution in [0.4, 0.5) is 0 Å². The van der Waals surface area contributed by atoms with E-state index in [-0.39, 0.29) is 5.91 Å². The maximum Gasteiger partial charge on any atom is 0.258 e. The number of hydrogen-bond acceptors (Lipinski definition) is 3. The molecule has 0 saturated carbocycles. The van der Waals surface area contributed by atoms with E-state index in [4.69, 9.17) is 0 Å². The smallest absolute Gasteiger partial charge is 0.258 e. The topological polar surface area (TPSA) is 46.3 Å². The third kappa shape index (κ3) is 1.78. The first-order valence-electron chi connectivity index (χ1n) is 4.96. The van der Waals surface area contributed by atoms with Crippen LogP contribution in [0.25, 0.3) is 0 Å². The molecule has 0 aromatic carbocycles. The quantitative estimate of drug-likeness (QED) is 0.681. The van der Waals surface area contributed by atoms with Crippen LogP contribution in [0.5, 0.6) is 0 Å². The van der Waals surface area contributed by atoms with E-state index in [1.165, 1.54) is 12.5 Å². The van der Waals surface area contributed by atoms with Crippen LogP contribution in [0, 0.1) is 5.92 Å². The molecule has 1 fully saturated rings. The van der Waals surface area contributed by atoms with E-state index in [2.05, 4.69) is 16.6 Å². The molecule has 14 heavy (non-hydrogen) atoms. The summed E-state index contributed by atoms with van der Waals surface area (Å²) in [5.41, 5.74) is 0.555. The monoisotopic (exact) mass is 194 g/mol. The van der Waals surface area contributed by atoms with Gasteiger partial charge in [0, 0.05) is 13.1 Å². The highest BCUT2D eigenvalue weighted by atomic mass is 16.5. The summed E-state index contributed by atoms with van der Waals surface area (Å²) in [6, 6.07) is 0. The number of likely N-dealkylation sites (tertiary alicyclic amines) is 1. The molecule has 1 saturated heterocycles. The first-order chi connectivity index (χ1) is 6.77. The summed E-state index contributed by atoms with van der Waals surface area (Å²) in [7, 11) is 0. The maximum absolute atomic E-state index is 11.8. The van der Waals surface area contributed by atoms with E-state index >= 15 is 0 Å². The summed E-state index contributed by atoms with van der Waals surface area (Å²) in [6.07, 6.45) is 5.06. The van der Waals surface area contributed by atoms with Gasteiger partial charge in [-0.3, -0.25) is 4.79 Å². The van der Waals surface area contributed by atoms with Crippen molar-refractivity contribution >= 4 is 5.91 Å². The van der Waals surface area contributed by atoms with Crippen LogP contribution in [0.2, 0.25) is 0 Å². The van der Waals surface area contributed by atoms with Crippen molar-refractivity contribution in [3.8, 4) is 0 Å². The molecule has 4 nitrogen and oxygen atoms in total. The molecular weight excluding hydrogens is 180 g/mol. The van der Waals surface area contributed by atoms with Gasteiger partial charge in [0.15, 0.2) is 0 Å². The fourth-order valence-corrected chi connectivity index (χ4v) is 1.70. The molecule has 1 aliphatic heterocycles. The van der Waals surface area contributed by atoms with E-state index < -0.39 is 0 Å². The number of hydrogen-bond donors (Lipinski definition) is 0. The van der Waals surface area contributed by atoms with Gasteiger partial charge in [0.05, 0.1) is 11.8 Å². The summed E-state index contributed by atoms with van der Waals surface area (Å²) >= 11 is 0. The number of rotatable bonds is 1. The lowest BCUT2D eigenvalue weighted by atomic mass is 9.99. The molecule has 1 aromatic rings. The lowest BCUT2D eigenvalue weighted by molar-refractivity contribution is 0.0696. The number of piperidine rings is 1. The minimum absolute atomic E-state index is 0.0400. The Bertz CT molecular complexity index is 300. The van der Waals surface area contributed by atoms with Crippen molar-refractivity contribution in [3.05, 3.63) is 18.0 Å². The predicted octanol–water partition coefficient (Wildman–Crippen LogP) is 1.55. The lowest BCUT2D eigenvalue weighted by Crippen LogP contribution is -2.37. The number of aromatic nitrogens is 1. The van der Waals surface area contributed by atoms with Crippen LogP contribution in [0.3, 0.4) is 0 Å². The summed E-state index contributed by atoms with van der Waals surface area (Å²) in [6.45, 7) is 3.93. The van der Waals surface area contributed by atoms with Gasteiger partial charge in [0.25, 0.3) is 5.91 Å². The highest BCUT2D eigenvalue weighted by molar-refractivity contribution is 5.93. The molecular formula is C10H14N2O2. The van der Waals surface area contributed by atoms with Crippen molar-refractivity contribution in [2.24, 2.45) is 5.92 Å². The van der Waals surface area contributed by atoms with Gasteiger partial charge in [-0.25, -0.2) is 0 Å². The maximum atomic E-state index is 11.8. The third-order valence-electron chi connectivity index (χ3n) is 2.75. The van der Waals surface area contributed by atoms with Gasteiger partial charge in [0.1, 0.15) is 6.26 Å². The van der Waals surface area contributed by atoms with Gasteiger partial charge in [-0.2, -0.15) is 0 Å². The van der Waals surface area contributed by atoms with E-state index in [0.717, 1.165) is 31.8 Å². The number of nitrogens with zero attached hydrogens (tertiary/aromatic N) is 2. The summed E-state index contributed by atoms with van der Waals surface area (Å²) < 4.78 is 4.65. The summed E-state index contributed by atoms with van der Waals surface area (Å²) in [4.78, 5) is 13.7. The second kappa shape index (κ2) is 3.82. The van der Waals surface area contributed by atoms with Crippen LogP contribution in [0.15, 0.2) is 17.0 Å². The molecule has 0 unspecified atom stereocenters. The van der Waals surface area contributed by atoms with Crippen LogP contribution in [-0.4, -0.2) is 29.1 Å². The SMILES string of the molecule is CC1CCN(C(=O)c2cnoc2)CC1. The third-order valence-corrected chi connectivity index (χ3v) is 2.75. The average Bonchev–Trinajstić information content (AvgIpc) is 2.71. The lowest BCUT2D eigenvalue weighted by Gasteiger charge is -2.29. The molecule has 4 heteroatoms. The van der Waals surface area contributed by atoms with E-state index in [0.29, 0.717) is 5.56 Å². The molecule has 0 spiro atoms. The number of carbonyl (C=O) groups is 1. The van der Waals surface area contributed by atoms with Crippen LogP contribution in [-0.2, 0) is 0 Å². The zero-order valence-corrected chi connectivity index (χ0v) is 8.27. The summed E-state index contributed by atoms with van der Waals surface area (Å²) in [5, 5.41) is 3.53. The van der Waals surface area contributed by atoms with Gasteiger partial charge in [-0.15, -0.1) is 0 Å². The van der Waals surface area contributed by atoms with Gasteiger partial charge < -0.3 is 9.42 Å². The molecule has 0 N–H and O–H groups in total. The minimum atomic E-state index is 0.0400. The van der Waals surface area contributed by atoms with Crippen molar-refractivity contribution in [2.75, 3.05) is 13.1 Å². The first kappa shape index (κ1) is 9.24. The Hall–Kier alpha value is -1.32. The van der Waals surface area contributed by atoms with Crippen molar-refractivity contribution in [2.45, 2.75) is 19.8 Å². The van der Waals surface area contributed by atoms with Crippen LogP contribution >= 0.6 is 0 Å². The molecule has 1 amide bonds. The van der Waals surface area contributed by atoms with Gasteiger partial charge in [-0.05, 0) is 18.8 Å². The Labute approximate surface area is 82.9 Å². The average molecular weight is 194 g/mol. The molecule has 76 valence electrons. The molecule has 0 radical (unpaired) electrons. The molecule has 0 atom stereocenters. The van der Waals surface area contributed by atoms with E-state index in [1.54, 1.807) is 0 Å². The Balaban J connectivity index is 1.99. The highest BCUT2D eigenvalue weighted by Gasteiger charge is 2.22. The van der Waals surface area contributed by atoms with Crippen molar-refractivity contribution in [1.29, 1.82) is 0 Å². The molecule has 0 aliphatic carbocycles. The molecule has 0 bridgehead atoms. The second-order valence-electron chi connectivity index (χ2n) is 3.89. The summed E-state index contributed by atoms with van der Waals surface area (Å²) in [5.74, 6) is 0.777. The Morgan fingerprint density at radius 3 is 2.86 bits per heavy atom. The molecule has 1 aliphatic rings. The number of carbonyl (C=O) groups excluding carboxylic acids is 1. The molecule has 2 heterocycles. The Morgan fingerprint density at radius 1 is 1.57 bits per heavy atom. The molecule has 1 aromatic heterocycles. The van der Waals surface area contributed by atoms with Gasteiger partial charge in [-0.1, -0.05) is 12.1 Å². The first-order valence-corrected chi connectivity index (χ1v) is 4.96. The zero-order chi connectivity index (χ0) is 9.97. The highest BCUT2D eigenvalue weighted by Crippen LogP contribution is 2.17. The van der Waals surface area contributed by atoms with Gasteiger partial charge in [0.2, 0.25) is 0 Å². The molecule has 2 rings (SSSR count). The number of amides is 1. The second-order valence-corrected chi connectivity index (χ2v) is 3.89. The Kier molecular flexibility index (Phi) is 2.52. The van der Waals surface area contributed by atoms with Gasteiger partial charge >= 0.3 is 0 Å². The van der Waals surface area contributed by atoms with Crippen molar-refractivity contribution < 1.29 is 9.32 Å². The van der Waals surface area contributed by atoms with E-state index in [9.17, 15) is 4.79 Å².